The van der Waals surface area contributed by atoms with Crippen LogP contribution in [-0.2, 0) is 32.6 Å². The molecule has 0 radical (unpaired) electrons. The first-order valence-electron chi connectivity index (χ1n) is 18.8. The number of hydrogen-bond donors (Lipinski definition) is 2. The SMILES string of the molecule is C[C@H]1OC2(CCN(C(=O)c3ncccc3O)CC2)c2c1n(CC(=O)Nc1ccc(C(F)(F)F)cc1Cl)c1nc(C3=CCN(C(=O)C45CC(C#N)(C4)C5)CC3)nn1c2=O. The molecule has 4 fully saturated rings. The topological polar surface area (TPSA) is 188 Å². The van der Waals surface area contributed by atoms with Crippen LogP contribution in [0.3, 0.4) is 0 Å². The predicted octanol–water partition coefficient (Wildman–Crippen LogP) is 4.83. The van der Waals surface area contributed by atoms with Crippen molar-refractivity contribution in [1.29, 1.82) is 5.26 Å². The maximum Gasteiger partial charge on any atom is 0.416 e. The van der Waals surface area contributed by atoms with E-state index in [-0.39, 0.29) is 76.6 Å². The molecule has 3 saturated carbocycles. The van der Waals surface area contributed by atoms with Crippen LogP contribution in [0.15, 0.2) is 47.4 Å². The molecule has 3 amide bonds. The zero-order valence-corrected chi connectivity index (χ0v) is 31.7. The number of halogens is 4. The number of likely N-dealkylation sites (tertiary alicyclic amines) is 1. The zero-order chi connectivity index (χ0) is 40.9. The van der Waals surface area contributed by atoms with E-state index in [1.165, 1.54) is 27.8 Å². The van der Waals surface area contributed by atoms with Crippen LogP contribution in [0.2, 0.25) is 5.02 Å². The number of rotatable bonds is 6. The van der Waals surface area contributed by atoms with Gasteiger partial charge in [0.25, 0.3) is 11.5 Å². The summed E-state index contributed by atoms with van der Waals surface area (Å²) < 4.78 is 49.1. The molecule has 1 atom stereocenters. The monoisotopic (exact) mass is 817 g/mol. The summed E-state index contributed by atoms with van der Waals surface area (Å²) in [5, 5.41) is 26.6. The summed E-state index contributed by atoms with van der Waals surface area (Å²) >= 11 is 6.17. The summed E-state index contributed by atoms with van der Waals surface area (Å²) in [5.41, 5.74) is -2.40. The Kier molecular flexibility index (Phi) is 8.54. The number of pyridine rings is 1. The number of alkyl halides is 3. The van der Waals surface area contributed by atoms with Crippen LogP contribution < -0.4 is 10.9 Å². The van der Waals surface area contributed by atoms with Crippen LogP contribution in [0.1, 0.15) is 84.7 Å². The molecule has 6 aliphatic rings. The Bertz CT molecular complexity index is 2570. The van der Waals surface area contributed by atoms with Gasteiger partial charge in [0.2, 0.25) is 17.6 Å². The number of piperidine rings is 1. The number of ether oxygens (including phenoxy) is 1. The first kappa shape index (κ1) is 37.8. The molecule has 58 heavy (non-hydrogen) atoms. The van der Waals surface area contributed by atoms with E-state index in [2.05, 4.69) is 21.5 Å². The third-order valence-corrected chi connectivity index (χ3v) is 12.6. The number of benzene rings is 1. The molecular formula is C39H35ClF3N9O6. The molecule has 2 bridgehead atoms. The summed E-state index contributed by atoms with van der Waals surface area (Å²) in [6.07, 6.45) is 0.354. The number of nitrogens with one attached hydrogen (secondary N) is 1. The third-order valence-electron chi connectivity index (χ3n) is 12.3. The van der Waals surface area contributed by atoms with Gasteiger partial charge in [0.05, 0.1) is 50.5 Å². The third kappa shape index (κ3) is 5.84. The fraction of sp³-hybridized carbons (Fsp3) is 0.436. The van der Waals surface area contributed by atoms with Crippen molar-refractivity contribution in [1.82, 2.24) is 33.9 Å². The van der Waals surface area contributed by atoms with Gasteiger partial charge in [0, 0.05) is 32.4 Å². The maximum absolute atomic E-state index is 14.6. The van der Waals surface area contributed by atoms with Crippen molar-refractivity contribution >= 4 is 46.4 Å². The fourth-order valence-electron chi connectivity index (χ4n) is 9.47. The Morgan fingerprint density at radius 2 is 1.86 bits per heavy atom. The summed E-state index contributed by atoms with van der Waals surface area (Å²) in [5.74, 6) is -1.15. The first-order valence-corrected chi connectivity index (χ1v) is 19.2. The van der Waals surface area contributed by atoms with E-state index in [9.17, 15) is 42.7 Å². The summed E-state index contributed by atoms with van der Waals surface area (Å²) in [6, 6.07) is 7.78. The smallest absolute Gasteiger partial charge is 0.416 e. The molecule has 19 heteroatoms. The standard InChI is InChI=1S/C39H35ClF3N9O6/c1-21-30-28(38(58-21)8-13-49(14-9-38)33(56)29-26(53)3-2-10-45-29)32(55)52-35(51(30)16-27(54)46-25-5-4-23(15-24(25)40)39(41,42)43)47-31(48-52)22-6-11-50(12-7-22)34(57)37-17-36(18-37,19-37)20-44/h2-6,10,15,21,53H,7-9,11-14,16-19H2,1H3,(H,46,54)/t21-,36?,37?/m1/s1. The van der Waals surface area contributed by atoms with Crippen LogP contribution >= 0.6 is 11.6 Å². The number of nitriles is 1. The van der Waals surface area contributed by atoms with E-state index in [0.717, 1.165) is 16.6 Å². The number of aromatic nitrogens is 5. The Morgan fingerprint density at radius 3 is 2.50 bits per heavy atom. The second-order valence-corrected chi connectivity index (χ2v) is 16.3. The number of amides is 3. The van der Waals surface area contributed by atoms with E-state index in [0.29, 0.717) is 56.1 Å². The highest BCUT2D eigenvalue weighted by Crippen LogP contribution is 2.73. The number of nitrogens with zero attached hydrogens (tertiary/aromatic N) is 8. The van der Waals surface area contributed by atoms with Gasteiger partial charge in [-0.2, -0.15) is 27.9 Å². The molecule has 6 heterocycles. The highest BCUT2D eigenvalue weighted by molar-refractivity contribution is 6.33. The lowest BCUT2D eigenvalue weighted by atomic mass is 9.35. The fourth-order valence-corrected chi connectivity index (χ4v) is 9.70. The Labute approximate surface area is 332 Å². The Balaban J connectivity index is 1.05. The van der Waals surface area contributed by atoms with Crippen LogP contribution in [0.5, 0.6) is 5.75 Å². The number of fused-ring (bicyclic) bond motifs is 3. The number of hydrogen-bond acceptors (Lipinski definition) is 10. The molecule has 10 rings (SSSR count). The predicted molar refractivity (Wildman–Crippen MR) is 198 cm³/mol. The van der Waals surface area contributed by atoms with Gasteiger partial charge in [0.15, 0.2) is 11.5 Å². The molecule has 3 aromatic heterocycles. The molecule has 1 saturated heterocycles. The lowest BCUT2D eigenvalue weighted by Crippen LogP contribution is -2.67. The van der Waals surface area contributed by atoms with Gasteiger partial charge in [-0.3, -0.25) is 19.2 Å². The van der Waals surface area contributed by atoms with Gasteiger partial charge in [-0.25, -0.2) is 4.98 Å². The quantitative estimate of drug-likeness (QED) is 0.273. The van der Waals surface area contributed by atoms with E-state index in [4.69, 9.17) is 21.3 Å². The van der Waals surface area contributed by atoms with Crippen LogP contribution in [0, 0.1) is 22.2 Å². The van der Waals surface area contributed by atoms with Crippen molar-refractivity contribution in [2.24, 2.45) is 10.8 Å². The number of anilines is 1. The molecule has 15 nitrogen and oxygen atoms in total. The molecule has 0 unspecified atom stereocenters. The minimum atomic E-state index is -4.64. The second kappa shape index (κ2) is 13.1. The van der Waals surface area contributed by atoms with Crippen molar-refractivity contribution in [2.75, 3.05) is 31.5 Å². The maximum atomic E-state index is 14.6. The van der Waals surface area contributed by atoms with Gasteiger partial charge in [0.1, 0.15) is 17.9 Å². The van der Waals surface area contributed by atoms with Crippen molar-refractivity contribution in [3.63, 3.8) is 0 Å². The minimum absolute atomic E-state index is 0.0215. The summed E-state index contributed by atoms with van der Waals surface area (Å²) in [7, 11) is 0. The molecule has 3 aliphatic carbocycles. The van der Waals surface area contributed by atoms with Gasteiger partial charge in [-0.1, -0.05) is 17.7 Å². The second-order valence-electron chi connectivity index (χ2n) is 15.9. The lowest BCUT2D eigenvalue weighted by molar-refractivity contribution is -0.195. The summed E-state index contributed by atoms with van der Waals surface area (Å²) in [6.45, 7) is 2.25. The van der Waals surface area contributed by atoms with E-state index < -0.39 is 52.8 Å². The number of aromatic hydroxyl groups is 1. The highest BCUT2D eigenvalue weighted by Gasteiger charge is 2.72. The highest BCUT2D eigenvalue weighted by atomic mass is 35.5. The van der Waals surface area contributed by atoms with E-state index in [1.807, 2.05) is 6.08 Å². The van der Waals surface area contributed by atoms with Gasteiger partial charge in [-0.15, -0.1) is 5.10 Å². The minimum Gasteiger partial charge on any atom is -0.505 e. The van der Waals surface area contributed by atoms with E-state index in [1.54, 1.807) is 11.8 Å². The van der Waals surface area contributed by atoms with Crippen LogP contribution in [-0.4, -0.2) is 83.0 Å². The first-order chi connectivity index (χ1) is 27.6. The molecule has 1 spiro atoms. The van der Waals surface area contributed by atoms with Crippen LogP contribution in [0.25, 0.3) is 11.4 Å². The lowest BCUT2D eigenvalue weighted by Gasteiger charge is -2.66. The van der Waals surface area contributed by atoms with E-state index >= 15 is 0 Å². The molecule has 3 aliphatic heterocycles. The van der Waals surface area contributed by atoms with Gasteiger partial charge < -0.3 is 29.5 Å². The zero-order valence-electron chi connectivity index (χ0n) is 31.0. The van der Waals surface area contributed by atoms with Gasteiger partial charge >= 0.3 is 6.18 Å². The number of carbonyl (C=O) groups is 3. The van der Waals surface area contributed by atoms with Crippen molar-refractivity contribution in [3.8, 4) is 11.8 Å². The average molecular weight is 818 g/mol. The van der Waals surface area contributed by atoms with Crippen LogP contribution in [0.4, 0.5) is 18.9 Å². The Hall–Kier alpha value is -5.80. The largest absolute Gasteiger partial charge is 0.505 e. The van der Waals surface area contributed by atoms with Crippen molar-refractivity contribution in [2.45, 2.75) is 69.9 Å². The summed E-state index contributed by atoms with van der Waals surface area (Å²) in [4.78, 5) is 67.1. The normalized spacial score (nSPS) is 24.4. The Morgan fingerprint density at radius 1 is 1.12 bits per heavy atom. The number of carbonyl (C=O) groups excluding carboxylic acids is 3. The van der Waals surface area contributed by atoms with Crippen molar-refractivity contribution in [3.05, 3.63) is 86.3 Å². The molecule has 1 aromatic carbocycles. The average Bonchev–Trinajstić information content (AvgIpc) is 3.73. The molecule has 300 valence electrons. The molecular weight excluding hydrogens is 783 g/mol. The van der Waals surface area contributed by atoms with Crippen molar-refractivity contribution < 1.29 is 37.4 Å². The molecule has 4 aromatic rings. The molecule has 2 N–H and O–H groups in total. The van der Waals surface area contributed by atoms with Gasteiger partial charge in [-0.05, 0) is 81.4 Å².